The molecule has 0 aromatic heterocycles. The van der Waals surface area contributed by atoms with Gasteiger partial charge in [-0.1, -0.05) is 17.7 Å². The van der Waals surface area contributed by atoms with Crippen LogP contribution in [0.1, 0.15) is 18.4 Å². The van der Waals surface area contributed by atoms with Gasteiger partial charge >= 0.3 is 0 Å². The van der Waals surface area contributed by atoms with Crippen LogP contribution in [0.4, 0.5) is 4.39 Å². The van der Waals surface area contributed by atoms with Crippen molar-refractivity contribution in [1.82, 2.24) is 0 Å². The van der Waals surface area contributed by atoms with Crippen LogP contribution in [0.5, 0.6) is 0 Å². The van der Waals surface area contributed by atoms with Gasteiger partial charge in [0.15, 0.2) is 0 Å². The predicted molar refractivity (Wildman–Crippen MR) is 52.5 cm³/mol. The van der Waals surface area contributed by atoms with Crippen molar-refractivity contribution in [3.05, 3.63) is 34.6 Å². The smallest absolute Gasteiger partial charge is 0.129 e. The molecule has 1 aromatic carbocycles. The number of rotatable bonds is 1. The molecular weight excluding hydrogens is 205 g/mol. The molecule has 0 bridgehead atoms. The fourth-order valence-electron chi connectivity index (χ4n) is 1.96. The van der Waals surface area contributed by atoms with Gasteiger partial charge in [-0.25, -0.2) is 4.39 Å². The summed E-state index contributed by atoms with van der Waals surface area (Å²) in [5, 5.41) is 9.51. The zero-order valence-electron chi connectivity index (χ0n) is 7.50. The summed E-state index contributed by atoms with van der Waals surface area (Å²) in [6.07, 6.45) is 0.303. The lowest BCUT2D eigenvalue weighted by molar-refractivity contribution is 0.0193. The van der Waals surface area contributed by atoms with E-state index < -0.39 is 17.5 Å². The molecule has 1 aliphatic rings. The Balaban J connectivity index is 2.41. The third-order valence-electron chi connectivity index (χ3n) is 2.66. The Morgan fingerprint density at radius 3 is 2.64 bits per heavy atom. The van der Waals surface area contributed by atoms with E-state index in [1.165, 1.54) is 6.07 Å². The highest BCUT2D eigenvalue weighted by atomic mass is 35.5. The third kappa shape index (κ3) is 1.41. The first kappa shape index (κ1) is 9.90. The zero-order valence-corrected chi connectivity index (χ0v) is 8.26. The van der Waals surface area contributed by atoms with Gasteiger partial charge in [-0.15, -0.1) is 0 Å². The average Bonchev–Trinajstić information content (AvgIpc) is 2.00. The van der Waals surface area contributed by atoms with E-state index in [2.05, 4.69) is 0 Å². The van der Waals surface area contributed by atoms with Gasteiger partial charge in [0.25, 0.3) is 0 Å². The minimum absolute atomic E-state index is 0.326. The lowest BCUT2D eigenvalue weighted by atomic mass is 9.70. The van der Waals surface area contributed by atoms with Crippen LogP contribution in [0.3, 0.4) is 0 Å². The molecule has 0 heterocycles. The molecule has 4 heteroatoms. The van der Waals surface area contributed by atoms with E-state index in [0.29, 0.717) is 23.4 Å². The molecule has 0 atom stereocenters. The first-order valence-corrected chi connectivity index (χ1v) is 4.82. The first-order valence-electron chi connectivity index (χ1n) is 4.44. The molecule has 0 aliphatic heterocycles. The Bertz CT molecular complexity index is 343. The van der Waals surface area contributed by atoms with E-state index in [1.807, 2.05) is 0 Å². The van der Waals surface area contributed by atoms with Crippen LogP contribution in [-0.2, 0) is 5.54 Å². The van der Waals surface area contributed by atoms with Crippen molar-refractivity contribution in [3.8, 4) is 0 Å². The maximum Gasteiger partial charge on any atom is 0.129 e. The Labute approximate surface area is 86.5 Å². The Morgan fingerprint density at radius 2 is 2.14 bits per heavy atom. The van der Waals surface area contributed by atoms with Crippen LogP contribution in [-0.4, -0.2) is 11.2 Å². The Morgan fingerprint density at radius 1 is 1.50 bits per heavy atom. The van der Waals surface area contributed by atoms with Gasteiger partial charge in [0, 0.05) is 10.6 Å². The third-order valence-corrected chi connectivity index (χ3v) is 2.98. The van der Waals surface area contributed by atoms with Gasteiger partial charge in [0.05, 0.1) is 11.6 Å². The molecule has 0 spiro atoms. The first-order chi connectivity index (χ1) is 6.53. The number of aliphatic hydroxyl groups excluding tert-OH is 1. The predicted octanol–water partition coefficient (Wildman–Crippen LogP) is 1.79. The summed E-state index contributed by atoms with van der Waals surface area (Å²) in [4.78, 5) is 0. The number of hydrogen-bond acceptors (Lipinski definition) is 2. The fourth-order valence-corrected chi connectivity index (χ4v) is 2.31. The monoisotopic (exact) mass is 215 g/mol. The van der Waals surface area contributed by atoms with Crippen molar-refractivity contribution >= 4 is 11.6 Å². The van der Waals surface area contributed by atoms with E-state index in [1.54, 1.807) is 12.1 Å². The van der Waals surface area contributed by atoms with Crippen molar-refractivity contribution in [3.63, 3.8) is 0 Å². The lowest BCUT2D eigenvalue weighted by Crippen LogP contribution is -2.52. The van der Waals surface area contributed by atoms with Gasteiger partial charge in [-0.05, 0) is 25.0 Å². The van der Waals surface area contributed by atoms with Crippen molar-refractivity contribution in [1.29, 1.82) is 0 Å². The van der Waals surface area contributed by atoms with E-state index in [0.717, 1.165) is 0 Å². The Hall–Kier alpha value is -0.640. The molecular formula is C10H11ClFNO. The second-order valence-corrected chi connectivity index (χ2v) is 4.22. The van der Waals surface area contributed by atoms with Crippen molar-refractivity contribution in [2.45, 2.75) is 24.5 Å². The Kier molecular flexibility index (Phi) is 2.26. The minimum Gasteiger partial charge on any atom is -0.393 e. The summed E-state index contributed by atoms with van der Waals surface area (Å²) < 4.78 is 13.4. The molecule has 1 saturated carbocycles. The maximum absolute atomic E-state index is 13.4. The number of benzene rings is 1. The van der Waals surface area contributed by atoms with Crippen molar-refractivity contribution in [2.75, 3.05) is 0 Å². The topological polar surface area (TPSA) is 46.2 Å². The van der Waals surface area contributed by atoms with E-state index >= 15 is 0 Å². The molecule has 2 nitrogen and oxygen atoms in total. The quantitative estimate of drug-likeness (QED) is 0.750. The SMILES string of the molecule is NC1(c2c(F)cccc2Cl)CC(O)C1. The summed E-state index contributed by atoms with van der Waals surface area (Å²) in [6, 6.07) is 4.49. The largest absolute Gasteiger partial charge is 0.393 e. The van der Waals surface area contributed by atoms with Gasteiger partial charge in [-0.3, -0.25) is 0 Å². The number of halogens is 2. The summed E-state index contributed by atoms with van der Waals surface area (Å²) in [6.45, 7) is 0. The second-order valence-electron chi connectivity index (χ2n) is 3.81. The van der Waals surface area contributed by atoms with Gasteiger partial charge in [-0.2, -0.15) is 0 Å². The maximum atomic E-state index is 13.4. The van der Waals surface area contributed by atoms with E-state index in [4.69, 9.17) is 17.3 Å². The molecule has 14 heavy (non-hydrogen) atoms. The number of nitrogens with two attached hydrogens (primary N) is 1. The fraction of sp³-hybridized carbons (Fsp3) is 0.400. The molecule has 0 amide bonds. The van der Waals surface area contributed by atoms with E-state index in [-0.39, 0.29) is 0 Å². The van der Waals surface area contributed by atoms with Crippen LogP contribution in [0.25, 0.3) is 0 Å². The molecule has 0 saturated heterocycles. The molecule has 0 unspecified atom stereocenters. The molecule has 1 aromatic rings. The molecule has 0 radical (unpaired) electrons. The number of hydrogen-bond donors (Lipinski definition) is 2. The number of aliphatic hydroxyl groups is 1. The van der Waals surface area contributed by atoms with Gasteiger partial charge in [0.1, 0.15) is 5.82 Å². The van der Waals surface area contributed by atoms with Crippen LogP contribution in [0.15, 0.2) is 18.2 Å². The average molecular weight is 216 g/mol. The van der Waals surface area contributed by atoms with Crippen molar-refractivity contribution in [2.24, 2.45) is 5.73 Å². The van der Waals surface area contributed by atoms with Crippen LogP contribution >= 0.6 is 11.6 Å². The summed E-state index contributed by atoms with van der Waals surface area (Å²) in [7, 11) is 0. The minimum atomic E-state index is -0.790. The normalized spacial score (nSPS) is 31.3. The molecule has 1 aliphatic carbocycles. The molecule has 3 N–H and O–H groups in total. The highest BCUT2D eigenvalue weighted by Gasteiger charge is 2.44. The molecule has 76 valence electrons. The highest BCUT2D eigenvalue weighted by molar-refractivity contribution is 6.31. The van der Waals surface area contributed by atoms with Crippen LogP contribution in [0.2, 0.25) is 5.02 Å². The van der Waals surface area contributed by atoms with Crippen molar-refractivity contribution < 1.29 is 9.50 Å². The lowest BCUT2D eigenvalue weighted by Gasteiger charge is -2.43. The van der Waals surface area contributed by atoms with E-state index in [9.17, 15) is 9.50 Å². The van der Waals surface area contributed by atoms with Crippen LogP contribution < -0.4 is 5.73 Å². The standard InChI is InChI=1S/C10H11ClFNO/c11-7-2-1-3-8(12)9(7)10(13)4-6(14)5-10/h1-3,6,14H,4-5,13H2. The van der Waals surface area contributed by atoms with Crippen LogP contribution in [0, 0.1) is 5.82 Å². The summed E-state index contributed by atoms with van der Waals surface area (Å²) >= 11 is 5.87. The highest BCUT2D eigenvalue weighted by Crippen LogP contribution is 2.42. The van der Waals surface area contributed by atoms with Gasteiger partial charge in [0.2, 0.25) is 0 Å². The molecule has 1 fully saturated rings. The van der Waals surface area contributed by atoms with Gasteiger partial charge < -0.3 is 10.8 Å². The summed E-state index contributed by atoms with van der Waals surface area (Å²) in [5.41, 5.74) is 5.47. The zero-order chi connectivity index (χ0) is 10.3. The molecule has 2 rings (SSSR count). The second kappa shape index (κ2) is 3.19. The summed E-state index contributed by atoms with van der Waals surface area (Å²) in [5.74, 6) is -0.396.